The highest BCUT2D eigenvalue weighted by atomic mass is 19.1. The summed E-state index contributed by atoms with van der Waals surface area (Å²) < 4.78 is 20.6. The van der Waals surface area contributed by atoms with Gasteiger partial charge in [-0.15, -0.1) is 0 Å². The maximum Gasteiger partial charge on any atom is 0.303 e. The summed E-state index contributed by atoms with van der Waals surface area (Å²) in [5, 5.41) is 10.6. The van der Waals surface area contributed by atoms with Crippen LogP contribution >= 0.6 is 0 Å². The minimum absolute atomic E-state index is 0.0219. The van der Waals surface area contributed by atoms with Crippen molar-refractivity contribution in [1.82, 2.24) is 15.0 Å². The van der Waals surface area contributed by atoms with Gasteiger partial charge >= 0.3 is 5.97 Å². The highest BCUT2D eigenvalue weighted by Gasteiger charge is 2.49. The molecule has 0 amide bonds. The average Bonchev–Trinajstić information content (AvgIpc) is 2.97. The van der Waals surface area contributed by atoms with Gasteiger partial charge in [-0.2, -0.15) is 5.26 Å². The second kappa shape index (κ2) is 10.0. The van der Waals surface area contributed by atoms with Gasteiger partial charge in [-0.1, -0.05) is 50.3 Å². The highest BCUT2D eigenvalue weighted by Crippen LogP contribution is 2.51. The maximum atomic E-state index is 15.3. The number of hydrogen-bond acceptors (Lipinski definition) is 7. The first-order valence-corrected chi connectivity index (χ1v) is 13.6. The van der Waals surface area contributed by atoms with Gasteiger partial charge in [-0.25, -0.2) is 19.3 Å². The van der Waals surface area contributed by atoms with Gasteiger partial charge in [0, 0.05) is 40.3 Å². The molecular weight excluding hydrogens is 519 g/mol. The molecule has 8 heteroatoms. The Morgan fingerprint density at radius 3 is 2.63 bits per heavy atom. The van der Waals surface area contributed by atoms with Gasteiger partial charge in [0.25, 0.3) is 0 Å². The molecule has 41 heavy (non-hydrogen) atoms. The first kappa shape index (κ1) is 26.5. The lowest BCUT2D eigenvalue weighted by molar-refractivity contribution is -0.142. The summed E-state index contributed by atoms with van der Waals surface area (Å²) in [4.78, 5) is 39.3. The molecule has 6 rings (SSSR count). The summed E-state index contributed by atoms with van der Waals surface area (Å²) in [5.74, 6) is -1.05. The molecule has 2 aliphatic carbocycles. The van der Waals surface area contributed by atoms with E-state index in [1.165, 1.54) is 13.0 Å². The van der Waals surface area contributed by atoms with E-state index in [9.17, 15) is 14.9 Å². The van der Waals surface area contributed by atoms with Crippen molar-refractivity contribution in [3.63, 3.8) is 0 Å². The zero-order chi connectivity index (χ0) is 28.9. The smallest absolute Gasteiger partial charge is 0.303 e. The predicted molar refractivity (Wildman–Crippen MR) is 151 cm³/mol. The molecule has 0 N–H and O–H groups in total. The molecule has 0 saturated heterocycles. The average molecular weight is 547 g/mol. The number of nitriles is 1. The Morgan fingerprint density at radius 2 is 1.88 bits per heavy atom. The predicted octanol–water partition coefficient (Wildman–Crippen LogP) is 6.05. The van der Waals surface area contributed by atoms with E-state index in [0.29, 0.717) is 52.4 Å². The molecule has 2 aliphatic rings. The number of carbonyl (C=O) groups is 2. The van der Waals surface area contributed by atoms with Crippen LogP contribution < -0.4 is 0 Å². The Balaban J connectivity index is 1.67. The Morgan fingerprint density at radius 1 is 1.12 bits per heavy atom. The molecule has 0 spiro atoms. The van der Waals surface area contributed by atoms with Gasteiger partial charge in [0.15, 0.2) is 11.6 Å². The lowest BCUT2D eigenvalue weighted by atomic mass is 9.57. The third-order valence-corrected chi connectivity index (χ3v) is 8.40. The SMILES string of the molecule is CC(=O)OCc1cc(-c2nc(-c3ccccc3F)c3c(n2)[C@]2(C)C=C(C#N)C(=O)[C@H](C)[C@H]2CC3)c2ccccc2n1. The largest absolute Gasteiger partial charge is 0.459 e. The fourth-order valence-electron chi connectivity index (χ4n) is 6.43. The van der Waals surface area contributed by atoms with Crippen LogP contribution in [0, 0.1) is 29.0 Å². The molecule has 0 aliphatic heterocycles. The number of pyridine rings is 1. The number of ketones is 1. The number of ether oxygens (including phenoxy) is 1. The second-order valence-corrected chi connectivity index (χ2v) is 10.9. The zero-order valence-corrected chi connectivity index (χ0v) is 22.9. The van der Waals surface area contributed by atoms with Gasteiger partial charge in [0.1, 0.15) is 18.5 Å². The first-order chi connectivity index (χ1) is 19.7. The molecular formula is C33H27FN4O3. The van der Waals surface area contributed by atoms with Crippen LogP contribution in [0.4, 0.5) is 4.39 Å². The topological polar surface area (TPSA) is 106 Å². The summed E-state index contributed by atoms with van der Waals surface area (Å²) in [5.41, 5.74) is 3.58. The number of nitrogens with zero attached hydrogens (tertiary/aromatic N) is 4. The molecule has 0 bridgehead atoms. The standard InChI is InChI=1S/C33H27FN4O3/c1-18-26-13-12-24-29(23-9-4-6-10-27(23)34)37-32(38-31(24)33(26,3)15-20(16-35)30(18)40)25-14-21(17-41-19(2)39)36-28-11-7-5-8-22(25)28/h4-11,14-15,18,26H,12-13,17H2,1-3H3/t18-,26-,33-/m1/s1. The van der Waals surface area contributed by atoms with E-state index < -0.39 is 17.2 Å². The van der Waals surface area contributed by atoms with Crippen LogP contribution in [0.3, 0.4) is 0 Å². The second-order valence-electron chi connectivity index (χ2n) is 10.9. The molecule has 0 saturated carbocycles. The quantitative estimate of drug-likeness (QED) is 0.287. The van der Waals surface area contributed by atoms with E-state index in [1.54, 1.807) is 30.3 Å². The Hall–Kier alpha value is -4.77. The highest BCUT2D eigenvalue weighted by molar-refractivity contribution is 6.02. The number of carbonyl (C=O) groups excluding carboxylic acids is 2. The molecule has 3 atom stereocenters. The Kier molecular flexibility index (Phi) is 6.46. The molecule has 2 aromatic carbocycles. The monoisotopic (exact) mass is 546 g/mol. The van der Waals surface area contributed by atoms with Crippen molar-refractivity contribution >= 4 is 22.7 Å². The zero-order valence-electron chi connectivity index (χ0n) is 22.9. The Bertz CT molecular complexity index is 1830. The third kappa shape index (κ3) is 4.38. The van der Waals surface area contributed by atoms with E-state index >= 15 is 4.39 Å². The lowest BCUT2D eigenvalue weighted by Gasteiger charge is -2.45. The van der Waals surface area contributed by atoms with Crippen molar-refractivity contribution < 1.29 is 18.7 Å². The molecule has 2 heterocycles. The van der Waals surface area contributed by atoms with E-state index in [0.717, 1.165) is 10.9 Å². The number of benzene rings is 2. The first-order valence-electron chi connectivity index (χ1n) is 13.6. The van der Waals surface area contributed by atoms with E-state index in [-0.39, 0.29) is 29.8 Å². The minimum atomic E-state index is -0.743. The van der Waals surface area contributed by atoms with Crippen LogP contribution in [0.2, 0.25) is 0 Å². The fraction of sp³-hybridized carbons (Fsp3) is 0.273. The maximum absolute atomic E-state index is 15.3. The van der Waals surface area contributed by atoms with Crippen LogP contribution in [0.5, 0.6) is 0 Å². The van der Waals surface area contributed by atoms with Gasteiger partial charge in [0.2, 0.25) is 0 Å². The number of hydrogen-bond donors (Lipinski definition) is 0. The van der Waals surface area contributed by atoms with Crippen LogP contribution in [0.15, 0.2) is 66.2 Å². The number of Topliss-reactive ketones (excluding diaryl/α,β-unsaturated/α-hetero) is 1. The normalized spacial score (nSPS) is 21.4. The van der Waals surface area contributed by atoms with Crippen molar-refractivity contribution in [3.05, 3.63) is 89.0 Å². The number of rotatable bonds is 4. The number of allylic oxidation sites excluding steroid dienone is 2. The summed E-state index contributed by atoms with van der Waals surface area (Å²) in [6.45, 7) is 5.20. The van der Waals surface area contributed by atoms with Crippen molar-refractivity contribution in [2.45, 2.75) is 45.6 Å². The van der Waals surface area contributed by atoms with Gasteiger partial charge in [0.05, 0.1) is 28.2 Å². The molecule has 4 aromatic rings. The molecule has 204 valence electrons. The van der Waals surface area contributed by atoms with Crippen molar-refractivity contribution in [2.75, 3.05) is 0 Å². The van der Waals surface area contributed by atoms with Crippen molar-refractivity contribution in [3.8, 4) is 28.7 Å². The van der Waals surface area contributed by atoms with E-state index in [1.807, 2.05) is 38.1 Å². The fourth-order valence-corrected chi connectivity index (χ4v) is 6.43. The number of halogens is 1. The molecule has 2 aromatic heterocycles. The third-order valence-electron chi connectivity index (χ3n) is 8.40. The van der Waals surface area contributed by atoms with E-state index in [4.69, 9.17) is 14.7 Å². The summed E-state index contributed by atoms with van der Waals surface area (Å²) in [7, 11) is 0. The lowest BCUT2D eigenvalue weighted by Crippen LogP contribution is -2.46. The molecule has 0 radical (unpaired) electrons. The molecule has 7 nitrogen and oxygen atoms in total. The number of fused-ring (bicyclic) bond motifs is 4. The molecule has 0 unspecified atom stereocenters. The number of esters is 1. The van der Waals surface area contributed by atoms with Crippen molar-refractivity contribution in [1.29, 1.82) is 5.26 Å². The van der Waals surface area contributed by atoms with Crippen LogP contribution in [0.1, 0.15) is 44.1 Å². The van der Waals surface area contributed by atoms with Crippen molar-refractivity contribution in [2.24, 2.45) is 11.8 Å². The van der Waals surface area contributed by atoms with Gasteiger partial charge in [-0.05, 0) is 43.0 Å². The summed E-state index contributed by atoms with van der Waals surface area (Å²) in [6, 6.07) is 17.9. The molecule has 0 fully saturated rings. The van der Waals surface area contributed by atoms with Crippen LogP contribution in [-0.2, 0) is 32.8 Å². The number of para-hydroxylation sites is 1. The minimum Gasteiger partial charge on any atom is -0.459 e. The number of aromatic nitrogens is 3. The summed E-state index contributed by atoms with van der Waals surface area (Å²) >= 11 is 0. The van der Waals surface area contributed by atoms with Crippen LogP contribution in [-0.4, -0.2) is 26.7 Å². The van der Waals surface area contributed by atoms with Gasteiger partial charge in [-0.3, -0.25) is 9.59 Å². The van der Waals surface area contributed by atoms with Gasteiger partial charge < -0.3 is 4.74 Å². The summed E-state index contributed by atoms with van der Waals surface area (Å²) in [6.07, 6.45) is 3.00. The Labute approximate surface area is 236 Å². The van der Waals surface area contributed by atoms with Crippen LogP contribution in [0.25, 0.3) is 33.5 Å². The van der Waals surface area contributed by atoms with E-state index in [2.05, 4.69) is 11.1 Å².